The van der Waals surface area contributed by atoms with Crippen LogP contribution in [-0.4, -0.2) is 22.3 Å². The molecule has 0 aromatic carbocycles. The summed E-state index contributed by atoms with van der Waals surface area (Å²) in [7, 11) is 0. The van der Waals surface area contributed by atoms with Crippen molar-refractivity contribution in [3.05, 3.63) is 12.2 Å². The van der Waals surface area contributed by atoms with E-state index in [0.29, 0.717) is 17.8 Å². The van der Waals surface area contributed by atoms with E-state index < -0.39 is 12.1 Å². The van der Waals surface area contributed by atoms with Crippen LogP contribution in [0.1, 0.15) is 25.7 Å². The van der Waals surface area contributed by atoms with Gasteiger partial charge in [0.15, 0.2) is 6.10 Å². The largest absolute Gasteiger partial charge is 0.479 e. The fourth-order valence-electron chi connectivity index (χ4n) is 3.68. The van der Waals surface area contributed by atoms with Gasteiger partial charge in [0.05, 0.1) is 0 Å². The minimum atomic E-state index is -1.14. The molecule has 0 heterocycles. The number of carboxylic acid groups (broad SMARTS) is 1. The lowest BCUT2D eigenvalue weighted by atomic mass is 9.76. The Morgan fingerprint density at radius 2 is 2.07 bits per heavy atom. The third-order valence-electron chi connectivity index (χ3n) is 4.62. The normalized spacial score (nSPS) is 41.8. The Morgan fingerprint density at radius 1 is 1.33 bits per heavy atom. The van der Waals surface area contributed by atoms with Crippen molar-refractivity contribution in [1.82, 2.24) is 0 Å². The molecule has 2 saturated carbocycles. The Bertz CT molecular complexity index is 330. The molecule has 0 aromatic rings. The van der Waals surface area contributed by atoms with E-state index in [0.717, 1.165) is 19.3 Å². The molecule has 2 fully saturated rings. The van der Waals surface area contributed by atoms with Crippen LogP contribution in [0, 0.1) is 23.2 Å². The van der Waals surface area contributed by atoms with Gasteiger partial charge in [-0.25, -0.2) is 4.79 Å². The summed E-state index contributed by atoms with van der Waals surface area (Å²) in [6.07, 6.45) is 7.39. The molecule has 2 N–H and O–H groups in total. The molecule has 4 unspecified atom stereocenters. The van der Waals surface area contributed by atoms with Crippen LogP contribution < -0.4 is 0 Å². The minimum absolute atomic E-state index is 0.282. The van der Waals surface area contributed by atoms with E-state index in [1.54, 1.807) is 0 Å². The number of aliphatic carboxylic acids is 1. The molecule has 0 spiro atoms. The fraction of sp³-hybridized carbons (Fsp3) is 0.750. The van der Waals surface area contributed by atoms with Gasteiger partial charge >= 0.3 is 5.97 Å². The smallest absolute Gasteiger partial charge is 0.333 e. The van der Waals surface area contributed by atoms with Crippen molar-refractivity contribution in [2.45, 2.75) is 31.8 Å². The number of fused-ring (bicyclic) bond motifs is 2. The summed E-state index contributed by atoms with van der Waals surface area (Å²) in [4.78, 5) is 10.9. The molecule has 15 heavy (non-hydrogen) atoms. The van der Waals surface area contributed by atoms with Crippen molar-refractivity contribution in [1.29, 1.82) is 0 Å². The van der Waals surface area contributed by atoms with Gasteiger partial charge in [-0.3, -0.25) is 0 Å². The fourth-order valence-corrected chi connectivity index (χ4v) is 3.68. The summed E-state index contributed by atoms with van der Waals surface area (Å²) < 4.78 is 0. The van der Waals surface area contributed by atoms with E-state index in [1.807, 2.05) is 0 Å². The lowest BCUT2D eigenvalue weighted by Gasteiger charge is -2.30. The second-order valence-electron chi connectivity index (χ2n) is 5.36. The maximum Gasteiger partial charge on any atom is 0.333 e. The Hall–Kier alpha value is -0.830. The van der Waals surface area contributed by atoms with Gasteiger partial charge in [-0.2, -0.15) is 0 Å². The number of allylic oxidation sites excluding steroid dienone is 2. The lowest BCUT2D eigenvalue weighted by molar-refractivity contribution is -0.152. The average Bonchev–Trinajstić information content (AvgIpc) is 2.74. The SMILES string of the molecule is O=C(O)C(O)C1(C2CC3C=CC2C3)CC1. The van der Waals surface area contributed by atoms with Crippen LogP contribution in [0.25, 0.3) is 0 Å². The Balaban J connectivity index is 1.82. The molecule has 0 amide bonds. The number of carbonyl (C=O) groups is 1. The maximum atomic E-state index is 10.9. The van der Waals surface area contributed by atoms with Gasteiger partial charge in [0.1, 0.15) is 0 Å². The minimum Gasteiger partial charge on any atom is -0.479 e. The van der Waals surface area contributed by atoms with E-state index in [4.69, 9.17) is 5.11 Å². The summed E-state index contributed by atoms with van der Waals surface area (Å²) in [5.74, 6) is 0.558. The molecule has 3 aliphatic carbocycles. The molecule has 2 bridgehead atoms. The highest BCUT2D eigenvalue weighted by molar-refractivity contribution is 5.74. The van der Waals surface area contributed by atoms with E-state index in [-0.39, 0.29) is 5.41 Å². The van der Waals surface area contributed by atoms with Crippen LogP contribution in [0.2, 0.25) is 0 Å². The summed E-state index contributed by atoms with van der Waals surface area (Å²) in [5.41, 5.74) is -0.282. The first-order valence-electron chi connectivity index (χ1n) is 5.73. The molecule has 3 nitrogen and oxygen atoms in total. The lowest BCUT2D eigenvalue weighted by Crippen LogP contribution is -2.37. The maximum absolute atomic E-state index is 10.9. The molecule has 3 rings (SSSR count). The van der Waals surface area contributed by atoms with Crippen LogP contribution in [-0.2, 0) is 4.79 Å². The van der Waals surface area contributed by atoms with Gasteiger partial charge in [-0.15, -0.1) is 0 Å². The van der Waals surface area contributed by atoms with Gasteiger partial charge in [-0.05, 0) is 43.4 Å². The number of aliphatic hydroxyl groups is 1. The molecule has 0 radical (unpaired) electrons. The van der Waals surface area contributed by atoms with Crippen molar-refractivity contribution in [3.63, 3.8) is 0 Å². The van der Waals surface area contributed by atoms with Gasteiger partial charge in [0, 0.05) is 5.41 Å². The number of hydrogen-bond donors (Lipinski definition) is 2. The van der Waals surface area contributed by atoms with Crippen molar-refractivity contribution >= 4 is 5.97 Å². The van der Waals surface area contributed by atoms with E-state index in [9.17, 15) is 9.90 Å². The molecule has 82 valence electrons. The second-order valence-corrected chi connectivity index (χ2v) is 5.36. The number of carboxylic acids is 1. The highest BCUT2D eigenvalue weighted by atomic mass is 16.4. The first-order chi connectivity index (χ1) is 7.13. The molecule has 0 aliphatic heterocycles. The van der Waals surface area contributed by atoms with Crippen LogP contribution in [0.5, 0.6) is 0 Å². The van der Waals surface area contributed by atoms with Crippen LogP contribution >= 0.6 is 0 Å². The van der Waals surface area contributed by atoms with Crippen molar-refractivity contribution in [2.75, 3.05) is 0 Å². The van der Waals surface area contributed by atoms with Crippen LogP contribution in [0.3, 0.4) is 0 Å². The van der Waals surface area contributed by atoms with Gasteiger partial charge in [0.25, 0.3) is 0 Å². The van der Waals surface area contributed by atoms with E-state index in [2.05, 4.69) is 12.2 Å². The molecule has 4 atom stereocenters. The number of hydrogen-bond acceptors (Lipinski definition) is 2. The third-order valence-corrected chi connectivity index (χ3v) is 4.62. The van der Waals surface area contributed by atoms with Gasteiger partial charge < -0.3 is 10.2 Å². The molecular formula is C12H16O3. The monoisotopic (exact) mass is 208 g/mol. The first kappa shape index (κ1) is 9.40. The zero-order valence-corrected chi connectivity index (χ0v) is 8.60. The quantitative estimate of drug-likeness (QED) is 0.690. The number of rotatable bonds is 3. The van der Waals surface area contributed by atoms with Gasteiger partial charge in [-0.1, -0.05) is 12.2 Å². The highest BCUT2D eigenvalue weighted by Gasteiger charge is 2.61. The van der Waals surface area contributed by atoms with Crippen LogP contribution in [0.15, 0.2) is 12.2 Å². The van der Waals surface area contributed by atoms with E-state index in [1.165, 1.54) is 6.42 Å². The molecule has 3 aliphatic rings. The predicted octanol–water partition coefficient (Wildman–Crippen LogP) is 1.42. The van der Waals surface area contributed by atoms with Crippen molar-refractivity contribution in [3.8, 4) is 0 Å². The van der Waals surface area contributed by atoms with Crippen LogP contribution in [0.4, 0.5) is 0 Å². The summed E-state index contributed by atoms with van der Waals surface area (Å²) in [6, 6.07) is 0. The Labute approximate surface area is 88.8 Å². The highest BCUT2D eigenvalue weighted by Crippen LogP contribution is 2.63. The van der Waals surface area contributed by atoms with Gasteiger partial charge in [0.2, 0.25) is 0 Å². The summed E-state index contributed by atoms with van der Waals surface area (Å²) in [5, 5.41) is 18.7. The standard InChI is InChI=1S/C12H16O3/c13-10(11(14)15)12(3-4-12)9-6-7-1-2-8(9)5-7/h1-2,7-10,13H,3-6H2,(H,14,15). The first-order valence-corrected chi connectivity index (χ1v) is 5.73. The third kappa shape index (κ3) is 1.19. The number of aliphatic hydroxyl groups excluding tert-OH is 1. The predicted molar refractivity (Wildman–Crippen MR) is 54.2 cm³/mol. The second kappa shape index (κ2) is 2.85. The summed E-state index contributed by atoms with van der Waals surface area (Å²) in [6.45, 7) is 0. The summed E-state index contributed by atoms with van der Waals surface area (Å²) >= 11 is 0. The van der Waals surface area contributed by atoms with E-state index >= 15 is 0 Å². The van der Waals surface area contributed by atoms with Crippen molar-refractivity contribution in [2.24, 2.45) is 23.2 Å². The molecule has 0 saturated heterocycles. The van der Waals surface area contributed by atoms with Crippen molar-refractivity contribution < 1.29 is 15.0 Å². The topological polar surface area (TPSA) is 57.5 Å². The molecule has 0 aromatic heterocycles. The zero-order valence-electron chi connectivity index (χ0n) is 8.60. The molecular weight excluding hydrogens is 192 g/mol. The average molecular weight is 208 g/mol. The Morgan fingerprint density at radius 3 is 2.47 bits per heavy atom. The Kier molecular flexibility index (Phi) is 1.78. The zero-order chi connectivity index (χ0) is 10.6. The molecule has 3 heteroatoms.